The molecule has 0 aromatic carbocycles. The van der Waals surface area contributed by atoms with Gasteiger partial charge in [0.2, 0.25) is 9.05 Å². The zero-order chi connectivity index (χ0) is 12.3. The fourth-order valence-electron chi connectivity index (χ4n) is 2.64. The maximum Gasteiger partial charge on any atom is 0.238 e. The minimum Gasteiger partial charge on any atom is -0.212 e. The second-order valence-electron chi connectivity index (χ2n) is 4.41. The van der Waals surface area contributed by atoms with Gasteiger partial charge >= 0.3 is 0 Å². The third kappa shape index (κ3) is 2.33. The molecule has 0 aromatic rings. The van der Waals surface area contributed by atoms with Gasteiger partial charge in [0.1, 0.15) is 0 Å². The van der Waals surface area contributed by atoms with Crippen LogP contribution in [0.25, 0.3) is 0 Å². The SMILES string of the molecule is CCC(C)(CC)C(CC)(CC)S(=O)(=O)Cl. The summed E-state index contributed by atoms with van der Waals surface area (Å²) in [5.74, 6) is 0. The molecule has 0 heterocycles. The van der Waals surface area contributed by atoms with Gasteiger partial charge in [0.15, 0.2) is 0 Å². The Kier molecular flexibility index (Phi) is 5.13. The maximum absolute atomic E-state index is 11.8. The Morgan fingerprint density at radius 1 is 0.933 bits per heavy atom. The monoisotopic (exact) mass is 254 g/mol. The number of rotatable bonds is 6. The molecule has 0 saturated heterocycles. The molecular formula is C11H23ClO2S. The largest absolute Gasteiger partial charge is 0.238 e. The van der Waals surface area contributed by atoms with E-state index in [1.165, 1.54) is 0 Å². The standard InChI is InChI=1S/C11H23ClO2S/c1-6-10(5,7-2)11(8-3,9-4)15(12,13)14/h6-9H2,1-5H3. The highest BCUT2D eigenvalue weighted by molar-refractivity contribution is 8.14. The molecule has 0 bridgehead atoms. The normalized spacial score (nSPS) is 14.3. The Balaban J connectivity index is 5.67. The van der Waals surface area contributed by atoms with Crippen LogP contribution < -0.4 is 0 Å². The summed E-state index contributed by atoms with van der Waals surface area (Å²) in [7, 11) is 2.13. The Morgan fingerprint density at radius 3 is 1.33 bits per heavy atom. The first kappa shape index (κ1) is 15.2. The van der Waals surface area contributed by atoms with Gasteiger partial charge in [-0.15, -0.1) is 0 Å². The van der Waals surface area contributed by atoms with Crippen LogP contribution in [0.1, 0.15) is 60.3 Å². The number of halogens is 1. The van der Waals surface area contributed by atoms with Gasteiger partial charge in [-0.2, -0.15) is 0 Å². The van der Waals surface area contributed by atoms with Gasteiger partial charge in [-0.1, -0.05) is 34.6 Å². The van der Waals surface area contributed by atoms with Crippen molar-refractivity contribution in [1.29, 1.82) is 0 Å². The van der Waals surface area contributed by atoms with Crippen LogP contribution in [0.3, 0.4) is 0 Å². The summed E-state index contributed by atoms with van der Waals surface area (Å²) >= 11 is 0. The van der Waals surface area contributed by atoms with Crippen molar-refractivity contribution in [1.82, 2.24) is 0 Å². The van der Waals surface area contributed by atoms with Crippen molar-refractivity contribution < 1.29 is 8.42 Å². The molecule has 0 spiro atoms. The van der Waals surface area contributed by atoms with Crippen molar-refractivity contribution in [2.45, 2.75) is 65.0 Å². The van der Waals surface area contributed by atoms with Crippen LogP contribution in [0.15, 0.2) is 0 Å². The quantitative estimate of drug-likeness (QED) is 0.673. The second kappa shape index (κ2) is 5.05. The fourth-order valence-corrected chi connectivity index (χ4v) is 5.42. The predicted molar refractivity (Wildman–Crippen MR) is 66.8 cm³/mol. The van der Waals surface area contributed by atoms with E-state index in [4.69, 9.17) is 10.7 Å². The third-order valence-electron chi connectivity index (χ3n) is 4.27. The zero-order valence-corrected chi connectivity index (χ0v) is 12.0. The lowest BCUT2D eigenvalue weighted by atomic mass is 9.70. The highest BCUT2D eigenvalue weighted by atomic mass is 35.7. The van der Waals surface area contributed by atoms with E-state index < -0.39 is 13.8 Å². The molecule has 0 saturated carbocycles. The van der Waals surface area contributed by atoms with Crippen molar-refractivity contribution in [3.8, 4) is 0 Å². The fraction of sp³-hybridized carbons (Fsp3) is 1.00. The molecule has 0 aliphatic carbocycles. The summed E-state index contributed by atoms with van der Waals surface area (Å²) in [6.07, 6.45) is 2.81. The van der Waals surface area contributed by atoms with Crippen LogP contribution in [0.4, 0.5) is 0 Å². The van der Waals surface area contributed by atoms with E-state index in [1.54, 1.807) is 0 Å². The van der Waals surface area contributed by atoms with Gasteiger partial charge in [-0.25, -0.2) is 8.42 Å². The first-order chi connectivity index (χ1) is 6.74. The van der Waals surface area contributed by atoms with Crippen molar-refractivity contribution in [3.05, 3.63) is 0 Å². The molecule has 0 radical (unpaired) electrons. The zero-order valence-electron chi connectivity index (χ0n) is 10.4. The van der Waals surface area contributed by atoms with Crippen LogP contribution in [-0.4, -0.2) is 13.2 Å². The molecule has 0 aromatic heterocycles. The van der Waals surface area contributed by atoms with Crippen molar-refractivity contribution in [3.63, 3.8) is 0 Å². The Labute approximate surface area is 98.8 Å². The third-order valence-corrected chi connectivity index (χ3v) is 7.16. The van der Waals surface area contributed by atoms with Gasteiger partial charge < -0.3 is 0 Å². The molecule has 92 valence electrons. The smallest absolute Gasteiger partial charge is 0.212 e. The molecule has 0 aliphatic rings. The van der Waals surface area contributed by atoms with Gasteiger partial charge in [0, 0.05) is 10.7 Å². The average Bonchev–Trinajstić information content (AvgIpc) is 2.17. The lowest BCUT2D eigenvalue weighted by molar-refractivity contribution is 0.182. The Bertz CT molecular complexity index is 288. The summed E-state index contributed by atoms with van der Waals surface area (Å²) < 4.78 is 22.9. The molecule has 0 rings (SSSR count). The highest BCUT2D eigenvalue weighted by Gasteiger charge is 2.52. The van der Waals surface area contributed by atoms with Crippen molar-refractivity contribution in [2.24, 2.45) is 5.41 Å². The van der Waals surface area contributed by atoms with Gasteiger partial charge in [0.05, 0.1) is 4.75 Å². The molecular weight excluding hydrogens is 232 g/mol. The van der Waals surface area contributed by atoms with Crippen molar-refractivity contribution >= 4 is 19.7 Å². The highest BCUT2D eigenvalue weighted by Crippen LogP contribution is 2.49. The van der Waals surface area contributed by atoms with Crippen LogP contribution >= 0.6 is 10.7 Å². The van der Waals surface area contributed by atoms with E-state index in [0.717, 1.165) is 12.8 Å². The maximum atomic E-state index is 11.8. The Morgan fingerprint density at radius 2 is 1.27 bits per heavy atom. The van der Waals surface area contributed by atoms with Gasteiger partial charge in [-0.05, 0) is 31.1 Å². The molecule has 0 N–H and O–H groups in total. The summed E-state index contributed by atoms with van der Waals surface area (Å²) in [5, 5.41) is 0. The molecule has 0 aliphatic heterocycles. The molecule has 15 heavy (non-hydrogen) atoms. The first-order valence-electron chi connectivity index (χ1n) is 5.68. The summed E-state index contributed by atoms with van der Waals surface area (Å²) in [6.45, 7) is 9.91. The van der Waals surface area contributed by atoms with E-state index in [1.807, 2.05) is 34.6 Å². The molecule has 2 nitrogen and oxygen atoms in total. The number of hydrogen-bond donors (Lipinski definition) is 0. The minimum atomic E-state index is -3.54. The molecule has 0 unspecified atom stereocenters. The van der Waals surface area contributed by atoms with Crippen LogP contribution in [0.2, 0.25) is 0 Å². The lowest BCUT2D eigenvalue weighted by Gasteiger charge is -2.45. The van der Waals surface area contributed by atoms with Crippen LogP contribution in [-0.2, 0) is 9.05 Å². The van der Waals surface area contributed by atoms with Gasteiger partial charge in [0.25, 0.3) is 0 Å². The Hall–Kier alpha value is 0.240. The number of hydrogen-bond acceptors (Lipinski definition) is 2. The van der Waals surface area contributed by atoms with E-state index in [-0.39, 0.29) is 5.41 Å². The van der Waals surface area contributed by atoms with Crippen molar-refractivity contribution in [2.75, 3.05) is 0 Å². The van der Waals surface area contributed by atoms with E-state index in [2.05, 4.69) is 0 Å². The summed E-state index contributed by atoms with van der Waals surface area (Å²) in [6, 6.07) is 0. The average molecular weight is 255 g/mol. The molecule has 0 fully saturated rings. The van der Waals surface area contributed by atoms with Crippen LogP contribution in [0, 0.1) is 5.41 Å². The summed E-state index contributed by atoms with van der Waals surface area (Å²) in [4.78, 5) is 0. The molecule has 0 atom stereocenters. The summed E-state index contributed by atoms with van der Waals surface area (Å²) in [5.41, 5.74) is -0.239. The molecule has 0 amide bonds. The minimum absolute atomic E-state index is 0.239. The predicted octanol–water partition coefficient (Wildman–Crippen LogP) is 3.94. The van der Waals surface area contributed by atoms with Gasteiger partial charge in [-0.3, -0.25) is 0 Å². The lowest BCUT2D eigenvalue weighted by Crippen LogP contribution is -2.49. The van der Waals surface area contributed by atoms with E-state index in [9.17, 15) is 8.42 Å². The first-order valence-corrected chi connectivity index (χ1v) is 7.99. The van der Waals surface area contributed by atoms with E-state index >= 15 is 0 Å². The molecule has 4 heteroatoms. The van der Waals surface area contributed by atoms with E-state index in [0.29, 0.717) is 12.8 Å². The van der Waals surface area contributed by atoms with Crippen LogP contribution in [0.5, 0.6) is 0 Å². The second-order valence-corrected chi connectivity index (χ2v) is 7.28. The topological polar surface area (TPSA) is 34.1 Å².